The zero-order chi connectivity index (χ0) is 13.4. The molecule has 17 heavy (non-hydrogen) atoms. The van der Waals surface area contributed by atoms with Crippen molar-refractivity contribution >= 4 is 0 Å². The van der Waals surface area contributed by atoms with E-state index in [9.17, 15) is 40.6 Å². The van der Waals surface area contributed by atoms with Crippen molar-refractivity contribution in [3.05, 3.63) is 53.9 Å². The van der Waals surface area contributed by atoms with Crippen molar-refractivity contribution in [3.8, 4) is 0 Å². The van der Waals surface area contributed by atoms with Crippen molar-refractivity contribution in [2.75, 3.05) is 0 Å². The van der Waals surface area contributed by atoms with Crippen LogP contribution in [-0.4, -0.2) is 36.8 Å². The van der Waals surface area contributed by atoms with E-state index in [1.54, 1.807) is 0 Å². The highest BCUT2D eigenvalue weighted by Crippen LogP contribution is 2.28. The van der Waals surface area contributed by atoms with Gasteiger partial charge in [0.05, 0.1) is 20.8 Å². The molecule has 0 radical (unpaired) electrons. The van der Waals surface area contributed by atoms with Gasteiger partial charge in [-0.2, -0.15) is 0 Å². The lowest BCUT2D eigenvalue weighted by atomic mass is 9.97. The number of allylic oxidation sites excluding steroid dienone is 1. The number of nitro groups is 3. The zero-order valence-corrected chi connectivity index (χ0v) is 7.92. The molecule has 0 fully saturated rings. The van der Waals surface area contributed by atoms with E-state index in [-0.39, 0.29) is 6.08 Å². The maximum absolute atomic E-state index is 10.5. The Morgan fingerprint density at radius 2 is 1.71 bits per heavy atom. The van der Waals surface area contributed by atoms with E-state index in [0.717, 1.165) is 0 Å². The summed E-state index contributed by atoms with van der Waals surface area (Å²) in [6, 6.07) is 0. The molecule has 1 aliphatic carbocycles. The Hall–Kier alpha value is -2.40. The molecule has 0 saturated carbocycles. The first-order chi connectivity index (χ1) is 7.70. The molecule has 92 valence electrons. The van der Waals surface area contributed by atoms with Crippen molar-refractivity contribution in [1.82, 2.24) is 0 Å². The van der Waals surface area contributed by atoms with Crippen LogP contribution >= 0.6 is 0 Å². The molecule has 0 aromatic carbocycles. The first-order valence-corrected chi connectivity index (χ1v) is 3.98. The van der Waals surface area contributed by atoms with E-state index in [2.05, 4.69) is 0 Å². The Bertz CT molecular complexity index is 468. The van der Waals surface area contributed by atoms with Crippen LogP contribution in [0.2, 0.25) is 0 Å². The molecule has 1 aliphatic rings. The highest BCUT2D eigenvalue weighted by molar-refractivity contribution is 5.27. The first-order valence-electron chi connectivity index (χ1n) is 3.98. The number of rotatable bonds is 3. The van der Waals surface area contributed by atoms with Crippen molar-refractivity contribution < 1.29 is 25.0 Å². The summed E-state index contributed by atoms with van der Waals surface area (Å²) >= 11 is 0. The molecular formula is C6H5N3O8. The summed E-state index contributed by atoms with van der Waals surface area (Å²) in [4.78, 5) is 27.5. The minimum absolute atomic E-state index is 0.144. The van der Waals surface area contributed by atoms with Gasteiger partial charge >= 0.3 is 5.72 Å². The highest BCUT2D eigenvalue weighted by atomic mass is 16.7. The van der Waals surface area contributed by atoms with Crippen LogP contribution in [0.15, 0.2) is 23.5 Å². The minimum atomic E-state index is -3.29. The van der Waals surface area contributed by atoms with Gasteiger partial charge in [-0.3, -0.25) is 30.3 Å². The summed E-state index contributed by atoms with van der Waals surface area (Å²) in [5.74, 6) is 0. The first kappa shape index (κ1) is 12.7. The molecule has 0 spiro atoms. The SMILES string of the molecule is O=[N+]([O-])C1=CC(O)([N+](=O)[O-])C(O)C([N+](=O)[O-])=C1. The third-order valence-corrected chi connectivity index (χ3v) is 2.05. The van der Waals surface area contributed by atoms with Gasteiger partial charge in [0.2, 0.25) is 6.10 Å². The number of aliphatic hydroxyl groups excluding tert-OH is 1. The van der Waals surface area contributed by atoms with E-state index in [1.165, 1.54) is 0 Å². The van der Waals surface area contributed by atoms with Gasteiger partial charge in [-0.25, -0.2) is 0 Å². The summed E-state index contributed by atoms with van der Waals surface area (Å²) < 4.78 is 0. The van der Waals surface area contributed by atoms with E-state index in [0.29, 0.717) is 6.08 Å². The lowest BCUT2D eigenvalue weighted by Gasteiger charge is -2.21. The number of aliphatic hydroxyl groups is 2. The number of hydrogen-bond donors (Lipinski definition) is 2. The van der Waals surface area contributed by atoms with Crippen LogP contribution < -0.4 is 0 Å². The van der Waals surface area contributed by atoms with Crippen LogP contribution in [-0.2, 0) is 0 Å². The van der Waals surface area contributed by atoms with Gasteiger partial charge in [0, 0.05) is 0 Å². The van der Waals surface area contributed by atoms with Crippen LogP contribution in [0, 0.1) is 30.3 Å². The molecular weight excluding hydrogens is 242 g/mol. The van der Waals surface area contributed by atoms with Crippen LogP contribution in [0.3, 0.4) is 0 Å². The molecule has 0 bridgehead atoms. The third-order valence-electron chi connectivity index (χ3n) is 2.05. The average Bonchev–Trinajstić information content (AvgIpc) is 2.20. The highest BCUT2D eigenvalue weighted by Gasteiger charge is 2.57. The van der Waals surface area contributed by atoms with Crippen molar-refractivity contribution in [2.45, 2.75) is 11.8 Å². The van der Waals surface area contributed by atoms with E-state index >= 15 is 0 Å². The van der Waals surface area contributed by atoms with Crippen LogP contribution in [0.5, 0.6) is 0 Å². The topological polar surface area (TPSA) is 170 Å². The van der Waals surface area contributed by atoms with E-state index < -0.39 is 38.0 Å². The standard InChI is InChI=1S/C6H5N3O8/c10-5-4(8(14)15)1-3(7(12)13)2-6(5,11)9(16)17/h1-2,5,10-11H. The monoisotopic (exact) mass is 247 g/mol. The Morgan fingerprint density at radius 1 is 1.18 bits per heavy atom. The molecule has 0 saturated heterocycles. The minimum Gasteiger partial charge on any atom is -0.374 e. The molecule has 2 atom stereocenters. The second-order valence-corrected chi connectivity index (χ2v) is 3.10. The summed E-state index contributed by atoms with van der Waals surface area (Å²) in [7, 11) is 0. The van der Waals surface area contributed by atoms with Crippen molar-refractivity contribution in [2.24, 2.45) is 0 Å². The predicted octanol–water partition coefficient (Wildman–Crippen LogP) is -1.35. The van der Waals surface area contributed by atoms with Crippen molar-refractivity contribution in [3.63, 3.8) is 0 Å². The van der Waals surface area contributed by atoms with Crippen LogP contribution in [0.25, 0.3) is 0 Å². The molecule has 11 nitrogen and oxygen atoms in total. The summed E-state index contributed by atoms with van der Waals surface area (Å²) in [5, 5.41) is 50.0. The molecule has 0 aliphatic heterocycles. The molecule has 0 amide bonds. The third kappa shape index (κ3) is 1.95. The summed E-state index contributed by atoms with van der Waals surface area (Å²) in [6.45, 7) is 0. The Labute approximate surface area is 91.7 Å². The lowest BCUT2D eigenvalue weighted by molar-refractivity contribution is -0.627. The van der Waals surface area contributed by atoms with Crippen molar-refractivity contribution in [1.29, 1.82) is 0 Å². The summed E-state index contributed by atoms with van der Waals surface area (Å²) in [6.07, 6.45) is -2.00. The molecule has 0 aromatic rings. The molecule has 1 rings (SSSR count). The second kappa shape index (κ2) is 3.88. The van der Waals surface area contributed by atoms with Gasteiger partial charge in [0.1, 0.15) is 6.08 Å². The van der Waals surface area contributed by atoms with Gasteiger partial charge in [-0.15, -0.1) is 0 Å². The van der Waals surface area contributed by atoms with E-state index in [1.807, 2.05) is 0 Å². The van der Waals surface area contributed by atoms with Gasteiger partial charge in [0.15, 0.2) is 0 Å². The fourth-order valence-electron chi connectivity index (χ4n) is 1.20. The molecule has 0 aromatic heterocycles. The molecule has 2 N–H and O–H groups in total. The Kier molecular flexibility index (Phi) is 2.89. The second-order valence-electron chi connectivity index (χ2n) is 3.10. The normalized spacial score (nSPS) is 28.0. The fraction of sp³-hybridized carbons (Fsp3) is 0.333. The van der Waals surface area contributed by atoms with Crippen LogP contribution in [0.4, 0.5) is 0 Å². The van der Waals surface area contributed by atoms with Crippen LogP contribution in [0.1, 0.15) is 0 Å². The molecule has 0 heterocycles. The van der Waals surface area contributed by atoms with Gasteiger partial charge < -0.3 is 10.2 Å². The van der Waals surface area contributed by atoms with Gasteiger partial charge in [-0.1, -0.05) is 0 Å². The van der Waals surface area contributed by atoms with E-state index in [4.69, 9.17) is 0 Å². The quantitative estimate of drug-likeness (QED) is 0.350. The predicted molar refractivity (Wildman–Crippen MR) is 48.1 cm³/mol. The smallest absolute Gasteiger partial charge is 0.374 e. The van der Waals surface area contributed by atoms with Gasteiger partial charge in [-0.05, 0) is 0 Å². The largest absolute Gasteiger partial charge is 0.385 e. The number of hydrogen-bond acceptors (Lipinski definition) is 8. The Balaban J connectivity index is 3.40. The molecule has 11 heteroatoms. The lowest BCUT2D eigenvalue weighted by Crippen LogP contribution is -2.51. The zero-order valence-electron chi connectivity index (χ0n) is 7.92. The average molecular weight is 247 g/mol. The summed E-state index contributed by atoms with van der Waals surface area (Å²) in [5.41, 5.74) is -5.56. The maximum atomic E-state index is 10.5. The Morgan fingerprint density at radius 3 is 2.06 bits per heavy atom. The number of nitrogens with zero attached hydrogens (tertiary/aromatic N) is 3. The fourth-order valence-corrected chi connectivity index (χ4v) is 1.20. The maximum Gasteiger partial charge on any atom is 0.385 e. The van der Waals surface area contributed by atoms with Gasteiger partial charge in [0.25, 0.3) is 11.4 Å². The molecule has 2 unspecified atom stereocenters.